The van der Waals surface area contributed by atoms with Crippen LogP contribution >= 0.6 is 15.9 Å². The number of benzene rings is 1. The Labute approximate surface area is 111 Å². The first-order valence-corrected chi connectivity index (χ1v) is 6.52. The molecule has 0 aromatic heterocycles. The number of alkyl halides is 1. The van der Waals surface area contributed by atoms with Gasteiger partial charge in [0.1, 0.15) is 5.75 Å². The summed E-state index contributed by atoms with van der Waals surface area (Å²) < 4.78 is 5.07. The van der Waals surface area contributed by atoms with Crippen molar-refractivity contribution in [3.8, 4) is 5.75 Å². The van der Waals surface area contributed by atoms with Crippen molar-refractivity contribution in [2.45, 2.75) is 19.4 Å². The number of carbonyl (C=O) groups excluding carboxylic acids is 1. The van der Waals surface area contributed by atoms with E-state index in [1.165, 1.54) is 0 Å². The van der Waals surface area contributed by atoms with E-state index in [0.29, 0.717) is 5.56 Å². The summed E-state index contributed by atoms with van der Waals surface area (Å²) in [7, 11) is 3.42. The van der Waals surface area contributed by atoms with Gasteiger partial charge >= 0.3 is 0 Å². The van der Waals surface area contributed by atoms with Gasteiger partial charge in [-0.15, -0.1) is 0 Å². The zero-order valence-corrected chi connectivity index (χ0v) is 12.2. The van der Waals surface area contributed by atoms with Crippen molar-refractivity contribution in [3.63, 3.8) is 0 Å². The van der Waals surface area contributed by atoms with E-state index in [4.69, 9.17) is 4.74 Å². The van der Waals surface area contributed by atoms with Crippen molar-refractivity contribution in [1.29, 1.82) is 0 Å². The van der Waals surface area contributed by atoms with Gasteiger partial charge in [-0.05, 0) is 38.1 Å². The lowest BCUT2D eigenvalue weighted by Crippen LogP contribution is -2.46. The molecule has 0 radical (unpaired) electrons. The maximum atomic E-state index is 12.2. The van der Waals surface area contributed by atoms with E-state index in [-0.39, 0.29) is 11.4 Å². The molecule has 0 fully saturated rings. The van der Waals surface area contributed by atoms with E-state index in [0.717, 1.165) is 11.1 Å². The van der Waals surface area contributed by atoms with Gasteiger partial charge in [-0.3, -0.25) is 4.79 Å². The lowest BCUT2D eigenvalue weighted by atomic mass is 10.1. The first kappa shape index (κ1) is 14.0. The predicted molar refractivity (Wildman–Crippen MR) is 73.0 cm³/mol. The van der Waals surface area contributed by atoms with Crippen molar-refractivity contribution in [2.24, 2.45) is 0 Å². The molecule has 0 unspecified atom stereocenters. The van der Waals surface area contributed by atoms with Gasteiger partial charge in [0.2, 0.25) is 0 Å². The number of halogens is 1. The highest BCUT2D eigenvalue weighted by atomic mass is 79.9. The Morgan fingerprint density at radius 1 is 1.35 bits per heavy atom. The van der Waals surface area contributed by atoms with E-state index in [9.17, 15) is 4.79 Å². The second-order valence-electron chi connectivity index (χ2n) is 4.54. The van der Waals surface area contributed by atoms with Crippen LogP contribution in [0.15, 0.2) is 24.3 Å². The molecule has 0 saturated carbocycles. The van der Waals surface area contributed by atoms with Crippen LogP contribution in [-0.4, -0.2) is 35.8 Å². The third-order valence-corrected chi connectivity index (χ3v) is 4.25. The fourth-order valence-corrected chi connectivity index (χ4v) is 1.67. The summed E-state index contributed by atoms with van der Waals surface area (Å²) in [6.07, 6.45) is 0. The minimum absolute atomic E-state index is 0.0112. The highest BCUT2D eigenvalue weighted by Crippen LogP contribution is 2.19. The maximum Gasteiger partial charge on any atom is 0.254 e. The first-order chi connectivity index (χ1) is 7.92. The van der Waals surface area contributed by atoms with E-state index in [2.05, 4.69) is 15.9 Å². The van der Waals surface area contributed by atoms with Crippen molar-refractivity contribution in [3.05, 3.63) is 29.8 Å². The maximum absolute atomic E-state index is 12.2. The van der Waals surface area contributed by atoms with Gasteiger partial charge in [-0.1, -0.05) is 15.9 Å². The largest absolute Gasteiger partial charge is 0.497 e. The summed E-state index contributed by atoms with van der Waals surface area (Å²) >= 11 is 3.42. The molecule has 0 atom stereocenters. The molecule has 0 aliphatic carbocycles. The van der Waals surface area contributed by atoms with E-state index in [1.54, 1.807) is 36.3 Å². The summed E-state index contributed by atoms with van der Waals surface area (Å²) in [5.41, 5.74) is 0.458. The predicted octanol–water partition coefficient (Wildman–Crippen LogP) is 2.94. The quantitative estimate of drug-likeness (QED) is 0.800. The molecule has 1 amide bonds. The van der Waals surface area contributed by atoms with Crippen LogP contribution in [0.3, 0.4) is 0 Å². The van der Waals surface area contributed by atoms with Crippen LogP contribution in [0.4, 0.5) is 0 Å². The average molecular weight is 300 g/mol. The Morgan fingerprint density at radius 2 is 1.88 bits per heavy atom. The second kappa shape index (κ2) is 5.54. The van der Waals surface area contributed by atoms with Gasteiger partial charge in [-0.25, -0.2) is 0 Å². The zero-order chi connectivity index (χ0) is 13.1. The zero-order valence-electron chi connectivity index (χ0n) is 10.7. The molecule has 1 aromatic carbocycles. The minimum Gasteiger partial charge on any atom is -0.497 e. The Bertz CT molecular complexity index is 387. The second-order valence-corrected chi connectivity index (χ2v) is 5.10. The topological polar surface area (TPSA) is 29.5 Å². The van der Waals surface area contributed by atoms with Gasteiger partial charge < -0.3 is 9.64 Å². The standard InChI is InChI=1S/C13H18BrNO2/c1-13(2,9-14)15(3)12(16)10-5-7-11(17-4)8-6-10/h5-8H,9H2,1-4H3. The number of hydrogen-bond donors (Lipinski definition) is 0. The summed E-state index contributed by atoms with van der Waals surface area (Å²) in [5, 5.41) is 0.735. The van der Waals surface area contributed by atoms with E-state index >= 15 is 0 Å². The highest BCUT2D eigenvalue weighted by Gasteiger charge is 2.27. The number of ether oxygens (including phenoxy) is 1. The Hall–Kier alpha value is -1.03. The van der Waals surface area contributed by atoms with Gasteiger partial charge in [0.25, 0.3) is 5.91 Å². The van der Waals surface area contributed by atoms with Crippen molar-refractivity contribution >= 4 is 21.8 Å². The van der Waals surface area contributed by atoms with Crippen molar-refractivity contribution in [1.82, 2.24) is 4.90 Å². The van der Waals surface area contributed by atoms with Crippen molar-refractivity contribution < 1.29 is 9.53 Å². The SMILES string of the molecule is COc1ccc(C(=O)N(C)C(C)(C)CBr)cc1. The van der Waals surface area contributed by atoms with Gasteiger partial charge in [0.15, 0.2) is 0 Å². The smallest absolute Gasteiger partial charge is 0.254 e. The minimum atomic E-state index is -0.211. The average Bonchev–Trinajstić information content (AvgIpc) is 2.37. The number of hydrogen-bond acceptors (Lipinski definition) is 2. The molecule has 0 bridgehead atoms. The van der Waals surface area contributed by atoms with Crippen LogP contribution in [0.5, 0.6) is 5.75 Å². The third kappa shape index (κ3) is 3.22. The van der Waals surface area contributed by atoms with Gasteiger partial charge in [0, 0.05) is 23.5 Å². The molecule has 0 aliphatic heterocycles. The molecule has 0 N–H and O–H groups in total. The lowest BCUT2D eigenvalue weighted by molar-refractivity contribution is 0.0663. The number of methoxy groups -OCH3 is 1. The van der Waals surface area contributed by atoms with Crippen LogP contribution in [-0.2, 0) is 0 Å². The van der Waals surface area contributed by atoms with E-state index in [1.807, 2.05) is 20.9 Å². The number of nitrogens with zero attached hydrogens (tertiary/aromatic N) is 1. The van der Waals surface area contributed by atoms with E-state index < -0.39 is 0 Å². The Kier molecular flexibility index (Phi) is 4.57. The summed E-state index contributed by atoms with van der Waals surface area (Å²) in [4.78, 5) is 14.0. The number of carbonyl (C=O) groups is 1. The summed E-state index contributed by atoms with van der Waals surface area (Å²) in [5.74, 6) is 0.765. The van der Waals surface area contributed by atoms with Gasteiger partial charge in [-0.2, -0.15) is 0 Å². The lowest BCUT2D eigenvalue weighted by Gasteiger charge is -2.34. The summed E-state index contributed by atoms with van der Waals surface area (Å²) in [6, 6.07) is 7.15. The summed E-state index contributed by atoms with van der Waals surface area (Å²) in [6.45, 7) is 4.03. The molecule has 0 heterocycles. The molecule has 1 rings (SSSR count). The molecular formula is C13H18BrNO2. The van der Waals surface area contributed by atoms with Crippen LogP contribution in [0, 0.1) is 0 Å². The van der Waals surface area contributed by atoms with Crippen molar-refractivity contribution in [2.75, 3.05) is 19.5 Å². The fourth-order valence-electron chi connectivity index (χ4n) is 1.29. The Morgan fingerprint density at radius 3 is 2.29 bits per heavy atom. The van der Waals surface area contributed by atoms with Gasteiger partial charge in [0.05, 0.1) is 7.11 Å². The number of rotatable bonds is 4. The van der Waals surface area contributed by atoms with Crippen LogP contribution in [0.2, 0.25) is 0 Å². The number of amides is 1. The monoisotopic (exact) mass is 299 g/mol. The molecule has 4 heteroatoms. The molecular weight excluding hydrogens is 282 g/mol. The third-order valence-electron chi connectivity index (χ3n) is 2.88. The van der Waals surface area contributed by atoms with Crippen LogP contribution < -0.4 is 4.74 Å². The molecule has 0 aliphatic rings. The Balaban J connectivity index is 2.89. The normalized spacial score (nSPS) is 11.1. The molecule has 1 aromatic rings. The molecule has 17 heavy (non-hydrogen) atoms. The van der Waals surface area contributed by atoms with Crippen LogP contribution in [0.1, 0.15) is 24.2 Å². The molecule has 0 spiro atoms. The highest BCUT2D eigenvalue weighted by molar-refractivity contribution is 9.09. The fraction of sp³-hybridized carbons (Fsp3) is 0.462. The molecule has 0 saturated heterocycles. The molecule has 94 valence electrons. The van der Waals surface area contributed by atoms with Crippen LogP contribution in [0.25, 0.3) is 0 Å². The molecule has 3 nitrogen and oxygen atoms in total. The first-order valence-electron chi connectivity index (χ1n) is 5.40.